The van der Waals surface area contributed by atoms with E-state index < -0.39 is 5.37 Å². The number of anilines is 1. The van der Waals surface area contributed by atoms with Gasteiger partial charge >= 0.3 is 0 Å². The number of aryl methyl sites for hydroxylation is 1. The van der Waals surface area contributed by atoms with Crippen molar-refractivity contribution in [2.75, 3.05) is 5.32 Å². The molecule has 3 rings (SSSR count). The molecule has 0 bridgehead atoms. The van der Waals surface area contributed by atoms with Gasteiger partial charge in [-0.3, -0.25) is 14.5 Å². The molecule has 2 aromatic carbocycles. The smallest absolute Gasteiger partial charge is 0.291 e. The Labute approximate surface area is 147 Å². The molecule has 2 amide bonds. The quantitative estimate of drug-likeness (QED) is 0.840. The first-order chi connectivity index (χ1) is 11.0. The maximum Gasteiger partial charge on any atom is 0.291 e. The van der Waals surface area contributed by atoms with Crippen LogP contribution in [-0.2, 0) is 11.3 Å². The number of benzene rings is 2. The number of carbonyl (C=O) groups is 2. The van der Waals surface area contributed by atoms with Crippen molar-refractivity contribution in [1.82, 2.24) is 4.90 Å². The zero-order chi connectivity index (χ0) is 16.4. The molecular formula is C17H15BrN2O2S. The molecular weight excluding hydrogens is 376 g/mol. The van der Waals surface area contributed by atoms with Gasteiger partial charge in [0.1, 0.15) is 0 Å². The molecule has 1 fully saturated rings. The lowest BCUT2D eigenvalue weighted by molar-refractivity contribution is -0.126. The minimum Gasteiger partial charge on any atom is -0.365 e. The minimum atomic E-state index is -0.575. The van der Waals surface area contributed by atoms with Crippen molar-refractivity contribution in [1.29, 1.82) is 0 Å². The molecule has 0 aromatic heterocycles. The van der Waals surface area contributed by atoms with Crippen LogP contribution in [0.2, 0.25) is 0 Å². The van der Waals surface area contributed by atoms with Gasteiger partial charge in [0.15, 0.2) is 5.37 Å². The second kappa shape index (κ2) is 6.76. The molecule has 118 valence electrons. The number of amides is 2. The maximum absolute atomic E-state index is 12.5. The highest BCUT2D eigenvalue weighted by Gasteiger charge is 2.39. The third-order valence-corrected chi connectivity index (χ3v) is 5.04. The van der Waals surface area contributed by atoms with E-state index in [9.17, 15) is 9.59 Å². The number of carbonyl (C=O) groups excluding carboxylic acids is 2. The summed E-state index contributed by atoms with van der Waals surface area (Å²) in [7, 11) is 0. The Bertz CT molecular complexity index is 731. The molecule has 1 N–H and O–H groups in total. The van der Waals surface area contributed by atoms with Crippen LogP contribution in [0.1, 0.15) is 11.1 Å². The highest BCUT2D eigenvalue weighted by Crippen LogP contribution is 2.29. The molecule has 4 nitrogen and oxygen atoms in total. The fraction of sp³-hybridized carbons (Fsp3) is 0.176. The van der Waals surface area contributed by atoms with Gasteiger partial charge in [0.2, 0.25) is 0 Å². The van der Waals surface area contributed by atoms with E-state index in [1.807, 2.05) is 55.5 Å². The van der Waals surface area contributed by atoms with E-state index in [4.69, 9.17) is 0 Å². The van der Waals surface area contributed by atoms with Crippen LogP contribution in [0.15, 0.2) is 53.0 Å². The molecule has 2 aromatic rings. The van der Waals surface area contributed by atoms with Crippen LogP contribution in [0.5, 0.6) is 0 Å². The van der Waals surface area contributed by atoms with Gasteiger partial charge in [0, 0.05) is 10.2 Å². The average molecular weight is 391 g/mol. The third-order valence-electron chi connectivity index (χ3n) is 3.53. The molecule has 6 heteroatoms. The van der Waals surface area contributed by atoms with Crippen molar-refractivity contribution in [2.45, 2.75) is 18.8 Å². The van der Waals surface area contributed by atoms with Crippen molar-refractivity contribution < 1.29 is 9.59 Å². The number of thioether (sulfide) groups is 1. The Kier molecular flexibility index (Phi) is 4.73. The summed E-state index contributed by atoms with van der Waals surface area (Å²) in [5.41, 5.74) is 2.91. The van der Waals surface area contributed by atoms with Gasteiger partial charge in [-0.2, -0.15) is 0 Å². The minimum absolute atomic E-state index is 0.205. The number of imide groups is 1. The van der Waals surface area contributed by atoms with E-state index in [-0.39, 0.29) is 11.1 Å². The Morgan fingerprint density at radius 3 is 2.39 bits per heavy atom. The monoisotopic (exact) mass is 390 g/mol. The van der Waals surface area contributed by atoms with E-state index in [1.165, 1.54) is 4.90 Å². The zero-order valence-electron chi connectivity index (χ0n) is 12.5. The van der Waals surface area contributed by atoms with Crippen molar-refractivity contribution in [2.24, 2.45) is 0 Å². The van der Waals surface area contributed by atoms with E-state index in [2.05, 4.69) is 21.2 Å². The predicted molar refractivity (Wildman–Crippen MR) is 96.3 cm³/mol. The number of hydrogen-bond donors (Lipinski definition) is 1. The Morgan fingerprint density at radius 2 is 1.74 bits per heavy atom. The van der Waals surface area contributed by atoms with Crippen LogP contribution < -0.4 is 5.32 Å². The van der Waals surface area contributed by atoms with E-state index in [1.54, 1.807) is 0 Å². The Hall–Kier alpha value is -1.79. The van der Waals surface area contributed by atoms with Gasteiger partial charge in [-0.1, -0.05) is 45.8 Å². The summed E-state index contributed by atoms with van der Waals surface area (Å²) in [5.74, 6) is -0.205. The summed E-state index contributed by atoms with van der Waals surface area (Å²) in [6.45, 7) is 2.31. The summed E-state index contributed by atoms with van der Waals surface area (Å²) >= 11 is 4.39. The van der Waals surface area contributed by atoms with Crippen LogP contribution in [0.25, 0.3) is 0 Å². The highest BCUT2D eigenvalue weighted by atomic mass is 79.9. The largest absolute Gasteiger partial charge is 0.365 e. The van der Waals surface area contributed by atoms with Crippen LogP contribution in [-0.4, -0.2) is 21.4 Å². The van der Waals surface area contributed by atoms with Gasteiger partial charge < -0.3 is 5.32 Å². The zero-order valence-corrected chi connectivity index (χ0v) is 14.9. The first kappa shape index (κ1) is 16.1. The van der Waals surface area contributed by atoms with Gasteiger partial charge in [0.25, 0.3) is 11.1 Å². The first-order valence-electron chi connectivity index (χ1n) is 7.12. The van der Waals surface area contributed by atoms with E-state index in [0.29, 0.717) is 6.54 Å². The highest BCUT2D eigenvalue weighted by molar-refractivity contribution is 9.10. The summed E-state index contributed by atoms with van der Waals surface area (Å²) in [4.78, 5) is 25.9. The fourth-order valence-electron chi connectivity index (χ4n) is 2.25. The lowest BCUT2D eigenvalue weighted by atomic mass is 10.1. The topological polar surface area (TPSA) is 49.4 Å². The number of nitrogens with one attached hydrogen (secondary N) is 1. The summed E-state index contributed by atoms with van der Waals surface area (Å²) in [6.07, 6.45) is 0. The first-order valence-corrected chi connectivity index (χ1v) is 8.80. The molecule has 0 radical (unpaired) electrons. The lowest BCUT2D eigenvalue weighted by Crippen LogP contribution is -2.33. The molecule has 1 atom stereocenters. The van der Waals surface area contributed by atoms with Crippen LogP contribution >= 0.6 is 27.7 Å². The number of nitrogens with zero attached hydrogens (tertiary/aromatic N) is 1. The molecule has 23 heavy (non-hydrogen) atoms. The molecule has 1 unspecified atom stereocenters. The Morgan fingerprint density at radius 1 is 1.09 bits per heavy atom. The number of halogens is 1. The molecule has 0 spiro atoms. The number of hydrogen-bond acceptors (Lipinski definition) is 4. The normalized spacial score (nSPS) is 17.7. The summed E-state index contributed by atoms with van der Waals surface area (Å²) in [5, 5.41) is 2.31. The molecule has 1 aliphatic heterocycles. The molecule has 0 aliphatic carbocycles. The maximum atomic E-state index is 12.5. The summed E-state index contributed by atoms with van der Waals surface area (Å²) in [6, 6.07) is 15.3. The standard InChI is InChI=1S/C17H15BrN2O2S/c1-11-2-4-12(5-3-11)10-20-16(21)15(23-17(20)22)19-14-8-6-13(18)7-9-14/h2-9,15,19H,10H2,1H3. The van der Waals surface area contributed by atoms with Gasteiger partial charge in [-0.15, -0.1) is 0 Å². The molecule has 1 aliphatic rings. The van der Waals surface area contributed by atoms with Crippen molar-refractivity contribution in [3.8, 4) is 0 Å². The lowest BCUT2D eigenvalue weighted by Gasteiger charge is -2.15. The van der Waals surface area contributed by atoms with Crippen molar-refractivity contribution >= 4 is 44.5 Å². The van der Waals surface area contributed by atoms with E-state index >= 15 is 0 Å². The fourth-order valence-corrected chi connectivity index (χ4v) is 3.42. The second-order valence-corrected chi connectivity index (χ2v) is 7.30. The van der Waals surface area contributed by atoms with Crippen LogP contribution in [0.3, 0.4) is 0 Å². The predicted octanol–water partition coefficient (Wildman–Crippen LogP) is 4.39. The molecule has 0 saturated carbocycles. The summed E-state index contributed by atoms with van der Waals surface area (Å²) < 4.78 is 0.963. The molecule has 1 saturated heterocycles. The average Bonchev–Trinajstić information content (AvgIpc) is 2.79. The third kappa shape index (κ3) is 3.76. The van der Waals surface area contributed by atoms with Crippen LogP contribution in [0, 0.1) is 6.92 Å². The van der Waals surface area contributed by atoms with Gasteiger partial charge in [-0.25, -0.2) is 0 Å². The second-order valence-electron chi connectivity index (χ2n) is 5.33. The SMILES string of the molecule is Cc1ccc(CN2C(=O)SC(Nc3ccc(Br)cc3)C2=O)cc1. The van der Waals surface area contributed by atoms with Crippen molar-refractivity contribution in [3.63, 3.8) is 0 Å². The van der Waals surface area contributed by atoms with Gasteiger partial charge in [0.05, 0.1) is 6.54 Å². The van der Waals surface area contributed by atoms with E-state index in [0.717, 1.165) is 33.0 Å². The van der Waals surface area contributed by atoms with Crippen molar-refractivity contribution in [3.05, 3.63) is 64.1 Å². The Balaban J connectivity index is 1.69. The molecule has 1 heterocycles. The number of rotatable bonds is 4. The van der Waals surface area contributed by atoms with Crippen LogP contribution in [0.4, 0.5) is 10.5 Å². The van der Waals surface area contributed by atoms with Gasteiger partial charge in [-0.05, 0) is 48.5 Å².